The molecule has 0 heterocycles. The second kappa shape index (κ2) is 9.07. The Kier molecular flexibility index (Phi) is 6.82. The van der Waals surface area contributed by atoms with Crippen LogP contribution in [0.3, 0.4) is 0 Å². The number of carbonyl (C=O) groups is 2. The molecule has 0 fully saturated rings. The average Bonchev–Trinajstić information content (AvgIpc) is 2.70. The van der Waals surface area contributed by atoms with Crippen LogP contribution in [0.2, 0.25) is 0 Å². The highest BCUT2D eigenvalue weighted by Crippen LogP contribution is 2.28. The van der Waals surface area contributed by atoms with E-state index in [2.05, 4.69) is 23.9 Å². The molecule has 2 rings (SSSR count). The molecule has 0 bridgehead atoms. The topological polar surface area (TPSA) is 73.9 Å². The lowest BCUT2D eigenvalue weighted by Crippen LogP contribution is -2.36. The summed E-state index contributed by atoms with van der Waals surface area (Å²) in [5.74, 6) is 0.0248. The molecule has 6 nitrogen and oxygen atoms in total. The predicted molar refractivity (Wildman–Crippen MR) is 102 cm³/mol. The number of nitrogens with one attached hydrogen (secondary N) is 1. The highest BCUT2D eigenvalue weighted by Gasteiger charge is 2.22. The molecule has 0 spiro atoms. The van der Waals surface area contributed by atoms with Gasteiger partial charge in [-0.15, -0.1) is 0 Å². The third-order valence-corrected chi connectivity index (χ3v) is 4.25. The first-order valence-corrected chi connectivity index (χ1v) is 8.59. The molecule has 0 unspecified atom stereocenters. The van der Waals surface area contributed by atoms with E-state index in [-0.39, 0.29) is 17.9 Å². The lowest BCUT2D eigenvalue weighted by atomic mass is 9.84. The molecular weight excluding hydrogens is 346 g/mol. The number of carbonyl (C=O) groups excluding carboxylic acids is 2. The van der Waals surface area contributed by atoms with Crippen LogP contribution in [0.5, 0.6) is 11.5 Å². The van der Waals surface area contributed by atoms with Gasteiger partial charge in [0.05, 0.1) is 14.2 Å². The summed E-state index contributed by atoms with van der Waals surface area (Å²) in [6.07, 6.45) is 0. The fraction of sp³-hybridized carbons (Fsp3) is 0.333. The maximum atomic E-state index is 12.5. The minimum absolute atomic E-state index is 0.204. The second-order valence-electron chi connectivity index (χ2n) is 6.66. The Hall–Kier alpha value is -3.02. The first kappa shape index (κ1) is 20.3. The number of methoxy groups -OCH3 is 2. The number of benzene rings is 2. The lowest BCUT2D eigenvalue weighted by Gasteiger charge is -2.25. The van der Waals surface area contributed by atoms with E-state index in [1.54, 1.807) is 18.2 Å². The number of ether oxygens (including phenoxy) is 3. The number of rotatable bonds is 8. The van der Waals surface area contributed by atoms with Crippen molar-refractivity contribution in [2.24, 2.45) is 0 Å². The highest BCUT2D eigenvalue weighted by molar-refractivity contribution is 5.95. The second-order valence-corrected chi connectivity index (χ2v) is 6.66. The van der Waals surface area contributed by atoms with Crippen LogP contribution >= 0.6 is 0 Å². The third kappa shape index (κ3) is 5.48. The van der Waals surface area contributed by atoms with E-state index >= 15 is 0 Å². The minimum atomic E-state index is -0.498. The van der Waals surface area contributed by atoms with Gasteiger partial charge in [0.2, 0.25) is 0 Å². The van der Waals surface area contributed by atoms with Gasteiger partial charge in [0.25, 0.3) is 5.91 Å². The van der Waals surface area contributed by atoms with Gasteiger partial charge in [0, 0.05) is 17.5 Å². The Balaban J connectivity index is 2.04. The molecule has 1 amide bonds. The summed E-state index contributed by atoms with van der Waals surface area (Å²) in [5, 5.41) is 2.96. The summed E-state index contributed by atoms with van der Waals surface area (Å²) in [5.41, 5.74) is 1.39. The summed E-state index contributed by atoms with van der Waals surface area (Å²) in [6.45, 7) is 4.41. The van der Waals surface area contributed by atoms with E-state index < -0.39 is 5.97 Å². The van der Waals surface area contributed by atoms with Crippen molar-refractivity contribution in [3.05, 3.63) is 59.7 Å². The highest BCUT2D eigenvalue weighted by atomic mass is 16.6. The van der Waals surface area contributed by atoms with Gasteiger partial charge in [0.15, 0.2) is 18.1 Å². The van der Waals surface area contributed by atoms with E-state index in [4.69, 9.17) is 9.47 Å². The Morgan fingerprint density at radius 1 is 1.00 bits per heavy atom. The van der Waals surface area contributed by atoms with E-state index in [9.17, 15) is 9.59 Å². The molecule has 2 aromatic carbocycles. The summed E-state index contributed by atoms with van der Waals surface area (Å²) < 4.78 is 15.2. The predicted octanol–water partition coefficient (Wildman–Crippen LogP) is 2.95. The number of amides is 1. The smallest absolute Gasteiger partial charge is 0.343 e. The molecule has 0 aliphatic carbocycles. The van der Waals surface area contributed by atoms with Crippen molar-refractivity contribution >= 4 is 11.9 Å². The summed E-state index contributed by atoms with van der Waals surface area (Å²) >= 11 is 0. The molecule has 6 heteroatoms. The summed E-state index contributed by atoms with van der Waals surface area (Å²) in [7, 11) is 2.76. The van der Waals surface area contributed by atoms with E-state index in [1.165, 1.54) is 14.2 Å². The third-order valence-electron chi connectivity index (χ3n) is 4.25. The van der Waals surface area contributed by atoms with Crippen molar-refractivity contribution in [2.75, 3.05) is 27.4 Å². The molecule has 0 atom stereocenters. The Morgan fingerprint density at radius 3 is 2.33 bits per heavy atom. The molecule has 2 aromatic rings. The average molecular weight is 371 g/mol. The van der Waals surface area contributed by atoms with Crippen LogP contribution in [0.15, 0.2) is 48.5 Å². The molecule has 0 aromatic heterocycles. The molecular formula is C21H25NO5. The van der Waals surface area contributed by atoms with Gasteiger partial charge >= 0.3 is 5.97 Å². The summed E-state index contributed by atoms with van der Waals surface area (Å²) in [4.78, 5) is 23.7. The van der Waals surface area contributed by atoms with E-state index in [0.717, 1.165) is 5.56 Å². The zero-order chi connectivity index (χ0) is 19.9. The molecule has 1 N–H and O–H groups in total. The van der Waals surface area contributed by atoms with Gasteiger partial charge in [-0.3, -0.25) is 4.79 Å². The van der Waals surface area contributed by atoms with Gasteiger partial charge in [-0.05, 0) is 23.8 Å². The fourth-order valence-electron chi connectivity index (χ4n) is 2.52. The van der Waals surface area contributed by atoms with Crippen molar-refractivity contribution in [1.29, 1.82) is 0 Å². The van der Waals surface area contributed by atoms with Crippen LogP contribution in [0.25, 0.3) is 0 Å². The Morgan fingerprint density at radius 2 is 1.70 bits per heavy atom. The van der Waals surface area contributed by atoms with Crippen LogP contribution in [-0.4, -0.2) is 39.2 Å². The van der Waals surface area contributed by atoms with Gasteiger partial charge in [-0.2, -0.15) is 0 Å². The van der Waals surface area contributed by atoms with Crippen LogP contribution in [-0.2, 0) is 14.9 Å². The molecule has 0 aliphatic rings. The summed E-state index contributed by atoms with van der Waals surface area (Å²) in [6, 6.07) is 14.8. The molecule has 144 valence electrons. The van der Waals surface area contributed by atoms with E-state index in [0.29, 0.717) is 23.6 Å². The van der Waals surface area contributed by atoms with E-state index in [1.807, 2.05) is 30.3 Å². The SMILES string of the molecule is COC(=O)COc1ccc(C(=O)NCC(C)(C)c2ccccc2)cc1OC. The molecule has 0 saturated heterocycles. The van der Waals surface area contributed by atoms with Crippen molar-refractivity contribution in [1.82, 2.24) is 5.32 Å². The first-order chi connectivity index (χ1) is 12.9. The van der Waals surface area contributed by atoms with Crippen LogP contribution in [0, 0.1) is 0 Å². The molecule has 27 heavy (non-hydrogen) atoms. The zero-order valence-electron chi connectivity index (χ0n) is 16.1. The van der Waals surface area contributed by atoms with Gasteiger partial charge in [-0.1, -0.05) is 44.2 Å². The molecule has 0 radical (unpaired) electrons. The number of hydrogen-bond donors (Lipinski definition) is 1. The van der Waals surface area contributed by atoms with Gasteiger partial charge in [0.1, 0.15) is 0 Å². The maximum Gasteiger partial charge on any atom is 0.343 e. The normalized spacial score (nSPS) is 10.8. The van der Waals surface area contributed by atoms with Gasteiger partial charge < -0.3 is 19.5 Å². The van der Waals surface area contributed by atoms with Crippen LogP contribution in [0.1, 0.15) is 29.8 Å². The first-order valence-electron chi connectivity index (χ1n) is 8.59. The maximum absolute atomic E-state index is 12.5. The monoisotopic (exact) mass is 371 g/mol. The molecule has 0 saturated carbocycles. The molecule has 0 aliphatic heterocycles. The van der Waals surface area contributed by atoms with Gasteiger partial charge in [-0.25, -0.2) is 4.79 Å². The Labute approximate surface area is 159 Å². The quantitative estimate of drug-likeness (QED) is 0.722. The number of hydrogen-bond acceptors (Lipinski definition) is 5. The lowest BCUT2D eigenvalue weighted by molar-refractivity contribution is -0.142. The zero-order valence-corrected chi connectivity index (χ0v) is 16.1. The van der Waals surface area contributed by atoms with Crippen molar-refractivity contribution in [3.8, 4) is 11.5 Å². The number of esters is 1. The van der Waals surface area contributed by atoms with Crippen LogP contribution < -0.4 is 14.8 Å². The standard InChI is InChI=1S/C21H25NO5/c1-21(2,16-8-6-5-7-9-16)14-22-20(24)15-10-11-17(18(12-15)25-3)27-13-19(23)26-4/h5-12H,13-14H2,1-4H3,(H,22,24). The van der Waals surface area contributed by atoms with Crippen LogP contribution in [0.4, 0.5) is 0 Å². The van der Waals surface area contributed by atoms with Crippen molar-refractivity contribution in [3.63, 3.8) is 0 Å². The fourth-order valence-corrected chi connectivity index (χ4v) is 2.52. The minimum Gasteiger partial charge on any atom is -0.493 e. The largest absolute Gasteiger partial charge is 0.493 e. The van der Waals surface area contributed by atoms with Crippen molar-refractivity contribution in [2.45, 2.75) is 19.3 Å². The van der Waals surface area contributed by atoms with Crippen molar-refractivity contribution < 1.29 is 23.8 Å². The Bertz CT molecular complexity index is 786.